The summed E-state index contributed by atoms with van der Waals surface area (Å²) in [5.74, 6) is 0.247. The summed E-state index contributed by atoms with van der Waals surface area (Å²) in [6, 6.07) is 9.59. The molecule has 0 aliphatic rings. The van der Waals surface area contributed by atoms with Crippen LogP contribution >= 0.6 is 0 Å². The molecule has 0 spiro atoms. The summed E-state index contributed by atoms with van der Waals surface area (Å²) in [5, 5.41) is 3.88. The molecule has 2 aromatic rings. The Morgan fingerprint density at radius 2 is 2.18 bits per heavy atom. The predicted octanol–water partition coefficient (Wildman–Crippen LogP) is 3.35. The van der Waals surface area contributed by atoms with E-state index in [2.05, 4.69) is 12.2 Å². The molecule has 0 unspecified atom stereocenters. The van der Waals surface area contributed by atoms with Gasteiger partial charge in [0.05, 0.1) is 0 Å². The highest BCUT2D eigenvalue weighted by molar-refractivity contribution is 5.96. The highest BCUT2D eigenvalue weighted by Crippen LogP contribution is 2.18. The van der Waals surface area contributed by atoms with Crippen molar-refractivity contribution in [3.05, 3.63) is 36.1 Å². The van der Waals surface area contributed by atoms with Gasteiger partial charge in [0, 0.05) is 11.4 Å². The Bertz CT molecular complexity index is 483. The molecule has 1 N–H and O–H groups in total. The first-order valence-electron chi connectivity index (χ1n) is 6.00. The van der Waals surface area contributed by atoms with Crippen molar-refractivity contribution in [2.24, 2.45) is 0 Å². The molecule has 2 rings (SSSR count). The summed E-state index contributed by atoms with van der Waals surface area (Å²) in [6.07, 6.45) is 2.04. The van der Waals surface area contributed by atoms with Crippen LogP contribution in [0.5, 0.6) is 0 Å². The summed E-state index contributed by atoms with van der Waals surface area (Å²) in [4.78, 5) is 11.9. The monoisotopic (exact) mass is 231 g/mol. The minimum absolute atomic E-state index is 0.137. The van der Waals surface area contributed by atoms with E-state index in [-0.39, 0.29) is 11.9 Å². The standard InChI is InChI=1S/C14H17NO2/c1-3-6-10(2)15-14(16)13-9-11-7-4-5-8-12(11)17-13/h4-5,7-10H,3,6H2,1-2H3,(H,15,16)/t10-/m0/s1. The van der Waals surface area contributed by atoms with Crippen LogP contribution in [0.15, 0.2) is 34.7 Å². The number of nitrogens with one attached hydrogen (secondary N) is 1. The van der Waals surface area contributed by atoms with Crippen molar-refractivity contribution in [1.82, 2.24) is 5.32 Å². The van der Waals surface area contributed by atoms with E-state index in [0.29, 0.717) is 5.76 Å². The Balaban J connectivity index is 2.13. The summed E-state index contributed by atoms with van der Waals surface area (Å²) in [5.41, 5.74) is 0.751. The second-order valence-corrected chi connectivity index (χ2v) is 4.31. The van der Waals surface area contributed by atoms with Crippen LogP contribution < -0.4 is 5.32 Å². The molecule has 1 heterocycles. The van der Waals surface area contributed by atoms with Gasteiger partial charge in [-0.2, -0.15) is 0 Å². The molecule has 90 valence electrons. The first-order chi connectivity index (χ1) is 8.20. The second-order valence-electron chi connectivity index (χ2n) is 4.31. The smallest absolute Gasteiger partial charge is 0.287 e. The van der Waals surface area contributed by atoms with E-state index in [1.54, 1.807) is 6.07 Å². The van der Waals surface area contributed by atoms with Crippen LogP contribution in [0.4, 0.5) is 0 Å². The summed E-state index contributed by atoms with van der Waals surface area (Å²) >= 11 is 0. The molecule has 0 radical (unpaired) electrons. The molecule has 1 amide bonds. The van der Waals surface area contributed by atoms with Gasteiger partial charge in [-0.3, -0.25) is 4.79 Å². The number of amides is 1. The molecular weight excluding hydrogens is 214 g/mol. The number of carbonyl (C=O) groups excluding carboxylic acids is 1. The number of benzene rings is 1. The maximum absolute atomic E-state index is 11.9. The zero-order chi connectivity index (χ0) is 12.3. The first-order valence-corrected chi connectivity index (χ1v) is 6.00. The number of para-hydroxylation sites is 1. The average molecular weight is 231 g/mol. The molecule has 1 aromatic carbocycles. The number of rotatable bonds is 4. The van der Waals surface area contributed by atoms with Gasteiger partial charge in [-0.1, -0.05) is 31.5 Å². The van der Waals surface area contributed by atoms with Crippen LogP contribution in [0.1, 0.15) is 37.2 Å². The van der Waals surface area contributed by atoms with Crippen LogP contribution in [0, 0.1) is 0 Å². The van der Waals surface area contributed by atoms with Gasteiger partial charge in [-0.05, 0) is 25.5 Å². The van der Waals surface area contributed by atoms with Crippen molar-refractivity contribution in [2.75, 3.05) is 0 Å². The van der Waals surface area contributed by atoms with Crippen molar-refractivity contribution in [1.29, 1.82) is 0 Å². The third-order valence-corrected chi connectivity index (χ3v) is 2.75. The van der Waals surface area contributed by atoms with E-state index in [1.165, 1.54) is 0 Å². The van der Waals surface area contributed by atoms with E-state index < -0.39 is 0 Å². The van der Waals surface area contributed by atoms with Crippen molar-refractivity contribution >= 4 is 16.9 Å². The van der Waals surface area contributed by atoms with Crippen LogP contribution in [0.2, 0.25) is 0 Å². The van der Waals surface area contributed by atoms with Crippen molar-refractivity contribution < 1.29 is 9.21 Å². The van der Waals surface area contributed by atoms with Gasteiger partial charge >= 0.3 is 0 Å². The predicted molar refractivity (Wildman–Crippen MR) is 68.1 cm³/mol. The molecule has 17 heavy (non-hydrogen) atoms. The number of hydrogen-bond acceptors (Lipinski definition) is 2. The fraction of sp³-hybridized carbons (Fsp3) is 0.357. The van der Waals surface area contributed by atoms with E-state index in [1.807, 2.05) is 31.2 Å². The van der Waals surface area contributed by atoms with Gasteiger partial charge in [-0.15, -0.1) is 0 Å². The topological polar surface area (TPSA) is 42.2 Å². The molecule has 1 atom stereocenters. The molecule has 0 bridgehead atoms. The van der Waals surface area contributed by atoms with E-state index in [4.69, 9.17) is 4.42 Å². The zero-order valence-electron chi connectivity index (χ0n) is 10.2. The summed E-state index contributed by atoms with van der Waals surface area (Å²) in [7, 11) is 0. The zero-order valence-corrected chi connectivity index (χ0v) is 10.2. The van der Waals surface area contributed by atoms with Crippen LogP contribution in [-0.4, -0.2) is 11.9 Å². The highest BCUT2D eigenvalue weighted by Gasteiger charge is 2.13. The van der Waals surface area contributed by atoms with Gasteiger partial charge in [0.15, 0.2) is 5.76 Å². The van der Waals surface area contributed by atoms with Gasteiger partial charge in [0.2, 0.25) is 0 Å². The molecule has 0 aliphatic heterocycles. The minimum atomic E-state index is -0.137. The lowest BCUT2D eigenvalue weighted by Crippen LogP contribution is -2.32. The SMILES string of the molecule is CCC[C@H](C)NC(=O)c1cc2ccccc2o1. The van der Waals surface area contributed by atoms with Gasteiger partial charge in [0.1, 0.15) is 5.58 Å². The quantitative estimate of drug-likeness (QED) is 0.876. The normalized spacial score (nSPS) is 12.6. The Morgan fingerprint density at radius 1 is 1.41 bits per heavy atom. The fourth-order valence-corrected chi connectivity index (χ4v) is 1.89. The van der Waals surface area contributed by atoms with E-state index in [0.717, 1.165) is 23.8 Å². The second kappa shape index (κ2) is 5.04. The molecule has 0 saturated carbocycles. The lowest BCUT2D eigenvalue weighted by Gasteiger charge is -2.10. The third-order valence-electron chi connectivity index (χ3n) is 2.75. The Morgan fingerprint density at radius 3 is 2.88 bits per heavy atom. The van der Waals surface area contributed by atoms with Gasteiger partial charge in [-0.25, -0.2) is 0 Å². The maximum Gasteiger partial charge on any atom is 0.287 e. The largest absolute Gasteiger partial charge is 0.451 e. The van der Waals surface area contributed by atoms with Crippen molar-refractivity contribution in [3.8, 4) is 0 Å². The number of hydrogen-bond donors (Lipinski definition) is 1. The van der Waals surface area contributed by atoms with Crippen LogP contribution in [0.3, 0.4) is 0 Å². The summed E-state index contributed by atoms with van der Waals surface area (Å²) < 4.78 is 5.50. The lowest BCUT2D eigenvalue weighted by molar-refractivity contribution is 0.0912. The lowest BCUT2D eigenvalue weighted by atomic mass is 10.2. The van der Waals surface area contributed by atoms with Crippen LogP contribution in [0.25, 0.3) is 11.0 Å². The Kier molecular flexibility index (Phi) is 3.47. The van der Waals surface area contributed by atoms with Crippen molar-refractivity contribution in [2.45, 2.75) is 32.7 Å². The summed E-state index contributed by atoms with van der Waals surface area (Å²) in [6.45, 7) is 4.11. The molecule has 0 aliphatic carbocycles. The highest BCUT2D eigenvalue weighted by atomic mass is 16.3. The fourth-order valence-electron chi connectivity index (χ4n) is 1.89. The molecule has 3 nitrogen and oxygen atoms in total. The Hall–Kier alpha value is -1.77. The molecule has 0 fully saturated rings. The Labute approximate surface area is 101 Å². The van der Waals surface area contributed by atoms with E-state index >= 15 is 0 Å². The number of fused-ring (bicyclic) bond motifs is 1. The minimum Gasteiger partial charge on any atom is -0.451 e. The van der Waals surface area contributed by atoms with E-state index in [9.17, 15) is 4.79 Å². The first kappa shape index (κ1) is 11.7. The van der Waals surface area contributed by atoms with Gasteiger partial charge in [0.25, 0.3) is 5.91 Å². The van der Waals surface area contributed by atoms with Gasteiger partial charge < -0.3 is 9.73 Å². The number of furan rings is 1. The maximum atomic E-state index is 11.9. The molecule has 0 saturated heterocycles. The molecular formula is C14H17NO2. The molecule has 1 aromatic heterocycles. The van der Waals surface area contributed by atoms with Crippen LogP contribution in [-0.2, 0) is 0 Å². The number of carbonyl (C=O) groups is 1. The molecule has 3 heteroatoms. The van der Waals surface area contributed by atoms with Crippen molar-refractivity contribution in [3.63, 3.8) is 0 Å². The third kappa shape index (κ3) is 2.67. The average Bonchev–Trinajstić information content (AvgIpc) is 2.72.